The van der Waals surface area contributed by atoms with Gasteiger partial charge in [0.2, 0.25) is 0 Å². The molecule has 0 radical (unpaired) electrons. The topological polar surface area (TPSA) is 134 Å². The van der Waals surface area contributed by atoms with Gasteiger partial charge in [-0.05, 0) is 54.7 Å². The van der Waals surface area contributed by atoms with E-state index in [9.17, 15) is 28.2 Å². The Labute approximate surface area is 238 Å². The van der Waals surface area contributed by atoms with Crippen molar-refractivity contribution in [3.8, 4) is 0 Å². The SMILES string of the molecule is Cc1ccc(S(=O)(=O)OCC2(CO)CN(C(=O)O)c3cc(C4(N(C)C(=O)OCc5ccccc5)CC4)ccc32)cc1. The molecule has 1 heterocycles. The zero-order valence-electron chi connectivity index (χ0n) is 22.8. The third-order valence-electron chi connectivity index (χ3n) is 8.04. The molecule has 2 N–H and O–H groups in total. The summed E-state index contributed by atoms with van der Waals surface area (Å²) in [7, 11) is -2.50. The number of carbonyl (C=O) groups excluding carboxylic acids is 1. The fraction of sp³-hybridized carbons (Fsp3) is 0.333. The van der Waals surface area contributed by atoms with Crippen LogP contribution in [0.4, 0.5) is 15.3 Å². The van der Waals surface area contributed by atoms with Crippen LogP contribution in [0, 0.1) is 6.92 Å². The Hall–Kier alpha value is -3.93. The van der Waals surface area contributed by atoms with Crippen LogP contribution in [0.3, 0.4) is 0 Å². The number of benzene rings is 3. The van der Waals surface area contributed by atoms with Gasteiger partial charge in [-0.3, -0.25) is 9.08 Å². The number of aliphatic hydroxyl groups excluding tert-OH is 1. The highest BCUT2D eigenvalue weighted by atomic mass is 32.2. The number of fused-ring (bicyclic) bond motifs is 1. The summed E-state index contributed by atoms with van der Waals surface area (Å²) in [4.78, 5) is 27.8. The normalized spacial score (nSPS) is 19.0. The molecule has 3 aromatic rings. The average Bonchev–Trinajstić information content (AvgIpc) is 3.72. The van der Waals surface area contributed by atoms with E-state index in [4.69, 9.17) is 8.92 Å². The van der Waals surface area contributed by atoms with Crippen LogP contribution in [-0.2, 0) is 36.6 Å². The molecule has 1 unspecified atom stereocenters. The van der Waals surface area contributed by atoms with E-state index in [-0.39, 0.29) is 18.0 Å². The predicted octanol–water partition coefficient (Wildman–Crippen LogP) is 4.39. The van der Waals surface area contributed by atoms with E-state index in [1.54, 1.807) is 37.4 Å². The molecular formula is C30H32N2O8S. The first-order valence-corrected chi connectivity index (χ1v) is 14.6. The fourth-order valence-electron chi connectivity index (χ4n) is 5.33. The minimum Gasteiger partial charge on any atom is -0.465 e. The molecule has 1 saturated carbocycles. The number of amides is 2. The Kier molecular flexibility index (Phi) is 7.54. The number of carbonyl (C=O) groups is 2. The van der Waals surface area contributed by atoms with Crippen molar-refractivity contribution in [2.24, 2.45) is 0 Å². The van der Waals surface area contributed by atoms with E-state index in [1.165, 1.54) is 17.0 Å². The Morgan fingerprint density at radius 2 is 1.71 bits per heavy atom. The van der Waals surface area contributed by atoms with Crippen LogP contribution in [0.25, 0.3) is 0 Å². The number of hydrogen-bond donors (Lipinski definition) is 2. The van der Waals surface area contributed by atoms with Crippen molar-refractivity contribution >= 4 is 28.0 Å². The summed E-state index contributed by atoms with van der Waals surface area (Å²) in [6.07, 6.45) is -0.417. The van der Waals surface area contributed by atoms with Crippen molar-refractivity contribution in [1.82, 2.24) is 4.90 Å². The molecule has 216 valence electrons. The van der Waals surface area contributed by atoms with Crippen LogP contribution in [-0.4, -0.2) is 62.5 Å². The molecule has 1 aliphatic carbocycles. The first-order valence-electron chi connectivity index (χ1n) is 13.2. The molecule has 41 heavy (non-hydrogen) atoms. The first kappa shape index (κ1) is 28.6. The molecule has 2 aliphatic rings. The molecule has 1 fully saturated rings. The molecule has 1 atom stereocenters. The minimum absolute atomic E-state index is 0.0299. The lowest BCUT2D eigenvalue weighted by Gasteiger charge is -2.29. The summed E-state index contributed by atoms with van der Waals surface area (Å²) in [5.41, 5.74) is 1.28. The monoisotopic (exact) mass is 580 g/mol. The second-order valence-electron chi connectivity index (χ2n) is 10.7. The average molecular weight is 581 g/mol. The number of nitrogens with zero attached hydrogens (tertiary/aromatic N) is 2. The van der Waals surface area contributed by atoms with Gasteiger partial charge in [-0.2, -0.15) is 8.42 Å². The summed E-state index contributed by atoms with van der Waals surface area (Å²) in [5.74, 6) is 0. The lowest BCUT2D eigenvalue weighted by molar-refractivity contribution is 0.0857. The van der Waals surface area contributed by atoms with Gasteiger partial charge in [0.15, 0.2) is 0 Å². The molecule has 0 saturated heterocycles. The van der Waals surface area contributed by atoms with E-state index in [0.29, 0.717) is 24.1 Å². The highest BCUT2D eigenvalue weighted by molar-refractivity contribution is 7.86. The molecule has 0 spiro atoms. The van der Waals surface area contributed by atoms with Crippen molar-refractivity contribution in [2.75, 3.05) is 31.7 Å². The Bertz CT molecular complexity index is 1560. The lowest BCUT2D eigenvalue weighted by Crippen LogP contribution is -2.43. The van der Waals surface area contributed by atoms with Crippen LogP contribution in [0.2, 0.25) is 0 Å². The number of anilines is 1. The lowest BCUT2D eigenvalue weighted by atomic mass is 9.83. The maximum absolute atomic E-state index is 12.9. The van der Waals surface area contributed by atoms with Gasteiger partial charge in [0, 0.05) is 13.6 Å². The quantitative estimate of drug-likeness (QED) is 0.356. The van der Waals surface area contributed by atoms with Gasteiger partial charge in [0.25, 0.3) is 10.1 Å². The van der Waals surface area contributed by atoms with E-state index < -0.39 is 46.5 Å². The summed E-state index contributed by atoms with van der Waals surface area (Å²) in [6, 6.07) is 20.7. The van der Waals surface area contributed by atoms with Crippen LogP contribution < -0.4 is 4.90 Å². The van der Waals surface area contributed by atoms with Gasteiger partial charge in [-0.25, -0.2) is 9.59 Å². The second-order valence-corrected chi connectivity index (χ2v) is 12.3. The largest absolute Gasteiger partial charge is 0.465 e. The highest BCUT2D eigenvalue weighted by Crippen LogP contribution is 2.53. The van der Waals surface area contributed by atoms with Crippen LogP contribution in [0.1, 0.15) is 35.1 Å². The molecule has 11 heteroatoms. The van der Waals surface area contributed by atoms with Gasteiger partial charge in [0.05, 0.1) is 34.8 Å². The van der Waals surface area contributed by atoms with Gasteiger partial charge < -0.3 is 19.8 Å². The van der Waals surface area contributed by atoms with Gasteiger partial charge in [-0.1, -0.05) is 60.2 Å². The van der Waals surface area contributed by atoms with Crippen molar-refractivity contribution in [3.05, 3.63) is 95.1 Å². The number of carboxylic acid groups (broad SMARTS) is 1. The van der Waals surface area contributed by atoms with Crippen LogP contribution in [0.5, 0.6) is 0 Å². The molecule has 0 aromatic heterocycles. The Balaban J connectivity index is 1.39. The Morgan fingerprint density at radius 1 is 1.02 bits per heavy atom. The smallest absolute Gasteiger partial charge is 0.411 e. The van der Waals surface area contributed by atoms with Crippen molar-refractivity contribution in [2.45, 2.75) is 42.2 Å². The number of ether oxygens (including phenoxy) is 1. The number of rotatable bonds is 9. The summed E-state index contributed by atoms with van der Waals surface area (Å²) < 4.78 is 36.7. The third kappa shape index (κ3) is 5.40. The second kappa shape index (κ2) is 10.8. The van der Waals surface area contributed by atoms with Crippen molar-refractivity contribution < 1.29 is 37.1 Å². The Morgan fingerprint density at radius 3 is 2.32 bits per heavy atom. The maximum atomic E-state index is 12.9. The number of aryl methyl sites for hydroxylation is 1. The van der Waals surface area contributed by atoms with Crippen molar-refractivity contribution in [1.29, 1.82) is 0 Å². The molecule has 0 bridgehead atoms. The van der Waals surface area contributed by atoms with Crippen LogP contribution in [0.15, 0.2) is 77.7 Å². The van der Waals surface area contributed by atoms with E-state index in [1.807, 2.05) is 37.3 Å². The summed E-state index contributed by atoms with van der Waals surface area (Å²) in [6.45, 7) is 0.778. The van der Waals surface area contributed by atoms with Gasteiger partial charge in [0.1, 0.15) is 6.61 Å². The molecule has 2 amide bonds. The first-order chi connectivity index (χ1) is 19.5. The van der Waals surface area contributed by atoms with E-state index in [2.05, 4.69) is 0 Å². The third-order valence-corrected chi connectivity index (χ3v) is 9.31. The number of hydrogen-bond acceptors (Lipinski definition) is 7. The van der Waals surface area contributed by atoms with E-state index in [0.717, 1.165) is 21.6 Å². The zero-order valence-corrected chi connectivity index (χ0v) is 23.6. The molecule has 3 aromatic carbocycles. The summed E-state index contributed by atoms with van der Waals surface area (Å²) in [5, 5.41) is 20.5. The highest BCUT2D eigenvalue weighted by Gasteiger charge is 2.53. The standard InChI is InChI=1S/C30H32N2O8S/c1-21-8-11-24(12-9-21)41(37,38)40-20-29(19-33)18-32(27(34)35)26-16-23(10-13-25(26)29)30(14-15-30)31(2)28(36)39-17-22-6-4-3-5-7-22/h3-13,16,33H,14-15,17-20H2,1-2H3,(H,34,35). The van der Waals surface area contributed by atoms with E-state index >= 15 is 0 Å². The maximum Gasteiger partial charge on any atom is 0.411 e. The molecular weight excluding hydrogens is 548 g/mol. The predicted molar refractivity (Wildman–Crippen MR) is 150 cm³/mol. The zero-order chi connectivity index (χ0) is 29.4. The molecule has 10 nitrogen and oxygen atoms in total. The molecule has 5 rings (SSSR count). The number of aliphatic hydroxyl groups is 1. The minimum atomic E-state index is -4.16. The fourth-order valence-corrected chi connectivity index (χ4v) is 6.32. The van der Waals surface area contributed by atoms with Gasteiger partial charge in [-0.15, -0.1) is 0 Å². The van der Waals surface area contributed by atoms with Crippen molar-refractivity contribution in [3.63, 3.8) is 0 Å². The van der Waals surface area contributed by atoms with Gasteiger partial charge >= 0.3 is 12.2 Å². The van der Waals surface area contributed by atoms with Crippen LogP contribution >= 0.6 is 0 Å². The summed E-state index contributed by atoms with van der Waals surface area (Å²) >= 11 is 0. The molecule has 1 aliphatic heterocycles.